The Morgan fingerprint density at radius 1 is 1.33 bits per heavy atom. The van der Waals surface area contributed by atoms with E-state index in [2.05, 4.69) is 12.2 Å². The highest BCUT2D eigenvalue weighted by atomic mass is 32.2. The van der Waals surface area contributed by atoms with Crippen LogP contribution in [0.25, 0.3) is 10.2 Å². The minimum absolute atomic E-state index is 0.00675. The lowest BCUT2D eigenvalue weighted by atomic mass is 9.97. The number of methoxy groups -OCH3 is 1. The van der Waals surface area contributed by atoms with Crippen LogP contribution < -0.4 is 10.9 Å². The fourth-order valence-corrected chi connectivity index (χ4v) is 6.07. The molecule has 30 heavy (non-hydrogen) atoms. The molecule has 2 aromatic rings. The van der Waals surface area contributed by atoms with Crippen molar-refractivity contribution in [1.82, 2.24) is 14.9 Å². The highest BCUT2D eigenvalue weighted by molar-refractivity contribution is 7.99. The summed E-state index contributed by atoms with van der Waals surface area (Å²) >= 11 is 2.99. The van der Waals surface area contributed by atoms with Crippen LogP contribution in [0.3, 0.4) is 0 Å². The van der Waals surface area contributed by atoms with Crippen molar-refractivity contribution in [3.8, 4) is 0 Å². The fourth-order valence-electron chi connectivity index (χ4n) is 3.93. The largest absolute Gasteiger partial charge is 0.383 e. The van der Waals surface area contributed by atoms with Gasteiger partial charge in [0.15, 0.2) is 5.16 Å². The number of carbonyl (C=O) groups is 1. The van der Waals surface area contributed by atoms with Crippen LogP contribution in [0.4, 0.5) is 0 Å². The molecule has 6 nitrogen and oxygen atoms in total. The predicted octanol–water partition coefficient (Wildman–Crippen LogP) is 4.16. The summed E-state index contributed by atoms with van der Waals surface area (Å²) in [6.07, 6.45) is 8.79. The zero-order chi connectivity index (χ0) is 21.5. The first-order valence-corrected chi connectivity index (χ1v) is 12.8. The van der Waals surface area contributed by atoms with E-state index in [1.807, 2.05) is 6.92 Å². The van der Waals surface area contributed by atoms with E-state index < -0.39 is 0 Å². The molecule has 0 fully saturated rings. The second-order valence-corrected chi connectivity index (χ2v) is 10.0. The standard InChI is InChI=1S/C22H33N3O3S2/c1-4-5-6-9-15(2)23-18(26)14-29-22-24-20-19(21(27)25(22)12-13-28-3)16-10-7-8-11-17(16)30-20/h15H,4-14H2,1-3H3,(H,23,26). The molecule has 0 radical (unpaired) electrons. The molecule has 0 aromatic carbocycles. The molecule has 0 saturated heterocycles. The third kappa shape index (κ3) is 5.65. The topological polar surface area (TPSA) is 73.2 Å². The summed E-state index contributed by atoms with van der Waals surface area (Å²) in [6.45, 7) is 5.11. The maximum Gasteiger partial charge on any atom is 0.263 e. The van der Waals surface area contributed by atoms with E-state index in [9.17, 15) is 9.59 Å². The summed E-state index contributed by atoms with van der Waals surface area (Å²) in [5.74, 6) is 0.246. The van der Waals surface area contributed by atoms with Crippen molar-refractivity contribution in [3.05, 3.63) is 20.8 Å². The summed E-state index contributed by atoms with van der Waals surface area (Å²) in [5.41, 5.74) is 1.20. The molecule has 2 aromatic heterocycles. The van der Waals surface area contributed by atoms with Gasteiger partial charge in [0.05, 0.1) is 24.3 Å². The third-order valence-corrected chi connectivity index (χ3v) is 7.70. The number of nitrogens with zero attached hydrogens (tertiary/aromatic N) is 2. The number of amides is 1. The third-order valence-electron chi connectivity index (χ3n) is 5.54. The van der Waals surface area contributed by atoms with Crippen LogP contribution in [0, 0.1) is 0 Å². The summed E-state index contributed by atoms with van der Waals surface area (Å²) in [4.78, 5) is 32.7. The molecule has 1 unspecified atom stereocenters. The van der Waals surface area contributed by atoms with Crippen LogP contribution in [-0.4, -0.2) is 41.0 Å². The van der Waals surface area contributed by atoms with Gasteiger partial charge in [0.25, 0.3) is 5.56 Å². The lowest BCUT2D eigenvalue weighted by molar-refractivity contribution is -0.119. The van der Waals surface area contributed by atoms with Gasteiger partial charge in [-0.05, 0) is 44.6 Å². The number of hydrogen-bond acceptors (Lipinski definition) is 6. The number of ether oxygens (including phenoxy) is 1. The summed E-state index contributed by atoms with van der Waals surface area (Å²) in [7, 11) is 1.63. The van der Waals surface area contributed by atoms with Crippen molar-refractivity contribution in [2.45, 2.75) is 83.0 Å². The average molecular weight is 452 g/mol. The van der Waals surface area contributed by atoms with E-state index in [-0.39, 0.29) is 23.3 Å². The number of unbranched alkanes of at least 4 members (excludes halogenated alkanes) is 2. The molecule has 166 valence electrons. The fraction of sp³-hybridized carbons (Fsp3) is 0.682. The Bertz CT molecular complexity index is 922. The molecule has 1 atom stereocenters. The molecule has 8 heteroatoms. The smallest absolute Gasteiger partial charge is 0.263 e. The Balaban J connectivity index is 1.77. The van der Waals surface area contributed by atoms with Crippen molar-refractivity contribution in [2.75, 3.05) is 19.5 Å². The molecule has 3 rings (SSSR count). The molecule has 0 bridgehead atoms. The highest BCUT2D eigenvalue weighted by Gasteiger charge is 2.22. The van der Waals surface area contributed by atoms with Gasteiger partial charge in [-0.3, -0.25) is 14.2 Å². The molecule has 0 spiro atoms. The lowest BCUT2D eigenvalue weighted by Crippen LogP contribution is -2.34. The van der Waals surface area contributed by atoms with Crippen molar-refractivity contribution in [1.29, 1.82) is 0 Å². The molecule has 1 aliphatic rings. The van der Waals surface area contributed by atoms with Crippen molar-refractivity contribution in [3.63, 3.8) is 0 Å². The Morgan fingerprint density at radius 3 is 2.90 bits per heavy atom. The average Bonchev–Trinajstić information content (AvgIpc) is 3.10. The van der Waals surface area contributed by atoms with Gasteiger partial charge < -0.3 is 10.1 Å². The number of rotatable bonds is 11. The number of hydrogen-bond donors (Lipinski definition) is 1. The van der Waals surface area contributed by atoms with Crippen molar-refractivity contribution < 1.29 is 9.53 Å². The monoisotopic (exact) mass is 451 g/mol. The SMILES string of the molecule is CCCCCC(C)NC(=O)CSc1nc2sc3c(c2c(=O)n1CCOC)CCCC3. The molecule has 1 N–H and O–H groups in total. The maximum absolute atomic E-state index is 13.3. The summed E-state index contributed by atoms with van der Waals surface area (Å²) in [6, 6.07) is 0.166. The minimum Gasteiger partial charge on any atom is -0.383 e. The number of aryl methyl sites for hydroxylation is 2. The van der Waals surface area contributed by atoms with E-state index in [0.29, 0.717) is 18.3 Å². The van der Waals surface area contributed by atoms with Gasteiger partial charge in [0, 0.05) is 18.0 Å². The number of carbonyl (C=O) groups excluding carboxylic acids is 1. The number of nitrogens with one attached hydrogen (secondary N) is 1. The number of thiophene rings is 1. The first-order chi connectivity index (χ1) is 14.5. The van der Waals surface area contributed by atoms with Crippen LogP contribution in [0.1, 0.15) is 62.8 Å². The van der Waals surface area contributed by atoms with E-state index in [4.69, 9.17) is 9.72 Å². The van der Waals surface area contributed by atoms with Crippen LogP contribution in [0.2, 0.25) is 0 Å². The van der Waals surface area contributed by atoms with Gasteiger partial charge in [0.2, 0.25) is 5.91 Å². The molecule has 0 saturated carbocycles. The minimum atomic E-state index is -0.0119. The molecule has 0 aliphatic heterocycles. The van der Waals surface area contributed by atoms with Gasteiger partial charge in [-0.1, -0.05) is 37.9 Å². The van der Waals surface area contributed by atoms with Gasteiger partial charge in [0.1, 0.15) is 4.83 Å². The Kier molecular flexibility index (Phi) is 8.77. The second-order valence-electron chi connectivity index (χ2n) is 7.99. The second kappa shape index (κ2) is 11.3. The lowest BCUT2D eigenvalue weighted by Gasteiger charge is -2.15. The van der Waals surface area contributed by atoms with Gasteiger partial charge in [-0.15, -0.1) is 11.3 Å². The van der Waals surface area contributed by atoms with Crippen LogP contribution >= 0.6 is 23.1 Å². The molecule has 1 amide bonds. The Morgan fingerprint density at radius 2 is 2.13 bits per heavy atom. The molecular formula is C22H33N3O3S2. The Labute approximate surface area is 186 Å². The number of fused-ring (bicyclic) bond motifs is 3. The van der Waals surface area contributed by atoms with Gasteiger partial charge in [-0.25, -0.2) is 4.98 Å². The Hall–Kier alpha value is -1.38. The van der Waals surface area contributed by atoms with E-state index in [1.54, 1.807) is 23.0 Å². The van der Waals surface area contributed by atoms with E-state index in [1.165, 1.54) is 41.5 Å². The van der Waals surface area contributed by atoms with Gasteiger partial charge in [-0.2, -0.15) is 0 Å². The normalized spacial score (nSPS) is 14.6. The maximum atomic E-state index is 13.3. The summed E-state index contributed by atoms with van der Waals surface area (Å²) < 4.78 is 6.90. The number of aromatic nitrogens is 2. The summed E-state index contributed by atoms with van der Waals surface area (Å²) in [5, 5.41) is 4.46. The van der Waals surface area contributed by atoms with Crippen LogP contribution in [0.15, 0.2) is 9.95 Å². The highest BCUT2D eigenvalue weighted by Crippen LogP contribution is 2.34. The van der Waals surface area contributed by atoms with E-state index in [0.717, 1.165) is 42.3 Å². The van der Waals surface area contributed by atoms with Crippen molar-refractivity contribution in [2.24, 2.45) is 0 Å². The molecule has 1 aliphatic carbocycles. The van der Waals surface area contributed by atoms with Crippen molar-refractivity contribution >= 4 is 39.2 Å². The zero-order valence-electron chi connectivity index (χ0n) is 18.3. The number of thioether (sulfide) groups is 1. The molecule has 2 heterocycles. The van der Waals surface area contributed by atoms with Crippen LogP contribution in [0.5, 0.6) is 0 Å². The first-order valence-electron chi connectivity index (χ1n) is 11.0. The molecular weight excluding hydrogens is 418 g/mol. The predicted molar refractivity (Wildman–Crippen MR) is 125 cm³/mol. The van der Waals surface area contributed by atoms with E-state index >= 15 is 0 Å². The van der Waals surface area contributed by atoms with Crippen LogP contribution in [-0.2, 0) is 28.9 Å². The zero-order valence-corrected chi connectivity index (χ0v) is 19.9. The first kappa shape index (κ1) is 23.3. The quantitative estimate of drug-likeness (QED) is 0.315. The van der Waals surface area contributed by atoms with Gasteiger partial charge >= 0.3 is 0 Å².